The molecule has 0 radical (unpaired) electrons. The summed E-state index contributed by atoms with van der Waals surface area (Å²) in [4.78, 5) is 14.9. The molecule has 1 fully saturated rings. The molecule has 0 bridgehead atoms. The Morgan fingerprint density at radius 1 is 0.947 bits per heavy atom. The molecule has 8 heteroatoms. The van der Waals surface area contributed by atoms with Crippen molar-refractivity contribution in [1.82, 2.24) is 0 Å². The average Bonchev–Trinajstić information content (AvgIpc) is 2.83. The fourth-order valence-electron chi connectivity index (χ4n) is 4.67. The summed E-state index contributed by atoms with van der Waals surface area (Å²) in [6, 6.07) is 15.0. The van der Waals surface area contributed by atoms with Crippen LogP contribution in [0.15, 0.2) is 66.7 Å². The second-order valence-electron chi connectivity index (χ2n) is 11.4. The van der Waals surface area contributed by atoms with Crippen LogP contribution in [-0.4, -0.2) is 19.3 Å². The summed E-state index contributed by atoms with van der Waals surface area (Å²) in [5.74, 6) is -2.35. The molecule has 0 saturated carbocycles. The molecule has 1 aliphatic heterocycles. The van der Waals surface area contributed by atoms with Crippen molar-refractivity contribution in [2.24, 2.45) is 5.92 Å². The zero-order valence-electron chi connectivity index (χ0n) is 22.3. The van der Waals surface area contributed by atoms with E-state index in [0.29, 0.717) is 18.5 Å². The minimum atomic E-state index is -2.23. The highest BCUT2D eigenvalue weighted by Crippen LogP contribution is 2.48. The molecular weight excluding hydrogens is 507 g/mol. The highest BCUT2D eigenvalue weighted by Gasteiger charge is 2.50. The van der Waals surface area contributed by atoms with E-state index in [9.17, 15) is 18.7 Å². The Labute approximate surface area is 223 Å². The molecule has 1 amide bonds. The summed E-state index contributed by atoms with van der Waals surface area (Å²) in [5.41, 5.74) is 1.57. The fraction of sp³-hybridized carbons (Fsp3) is 0.367. The third-order valence-corrected chi connectivity index (χ3v) is 12.3. The van der Waals surface area contributed by atoms with Crippen LogP contribution in [0, 0.1) is 23.4 Å². The van der Waals surface area contributed by atoms with Crippen LogP contribution in [0.5, 0.6) is 5.75 Å². The lowest BCUT2D eigenvalue weighted by atomic mass is 9.78. The van der Waals surface area contributed by atoms with Crippen molar-refractivity contribution in [3.63, 3.8) is 0 Å². The number of amides is 1. The number of carbonyl (C=O) groups excluding carboxylic acids is 1. The van der Waals surface area contributed by atoms with Crippen molar-refractivity contribution < 1.29 is 27.5 Å². The molecule has 3 aromatic rings. The maximum Gasteiger partial charge on any atom is 0.233 e. The number of hydrogen-bond acceptors (Lipinski definition) is 3. The number of phenols is 1. The monoisotopic (exact) mass is 541 g/mol. The van der Waals surface area contributed by atoms with E-state index in [-0.39, 0.29) is 34.2 Å². The summed E-state index contributed by atoms with van der Waals surface area (Å²) in [6.07, 6.45) is 0.509. The topological polar surface area (TPSA) is 49.8 Å². The van der Waals surface area contributed by atoms with E-state index in [4.69, 9.17) is 4.43 Å². The van der Waals surface area contributed by atoms with Crippen molar-refractivity contribution in [1.29, 1.82) is 0 Å². The van der Waals surface area contributed by atoms with E-state index in [1.54, 1.807) is 12.1 Å². The SMILES string of the molecule is CC(C)(C)[Si](C)(C)O[C@@H](CCC1C(=O)N(c2ccc(F)cc2)C1c1ccc(O)cc1F)c1ccc(F)cc1. The van der Waals surface area contributed by atoms with Gasteiger partial charge in [0.05, 0.1) is 18.1 Å². The normalized spacial score (nSPS) is 18.8. The van der Waals surface area contributed by atoms with Gasteiger partial charge in [0.1, 0.15) is 23.2 Å². The first-order valence-corrected chi connectivity index (χ1v) is 15.7. The Bertz CT molecular complexity index is 1290. The maximum atomic E-state index is 15.0. The Hall–Kier alpha value is -3.10. The Balaban J connectivity index is 1.64. The van der Waals surface area contributed by atoms with E-state index in [2.05, 4.69) is 33.9 Å². The van der Waals surface area contributed by atoms with Crippen LogP contribution in [0.25, 0.3) is 0 Å². The van der Waals surface area contributed by atoms with Crippen molar-refractivity contribution in [2.75, 3.05) is 4.90 Å². The van der Waals surface area contributed by atoms with Gasteiger partial charge in [0.25, 0.3) is 0 Å². The average molecular weight is 542 g/mol. The lowest BCUT2D eigenvalue weighted by Gasteiger charge is -2.48. The molecule has 1 aliphatic rings. The standard InChI is InChI=1S/C30H34F3NO3Si/c1-30(2,3)38(4,5)37-27(19-6-8-20(31)9-7-19)17-16-25-28(24-15-14-23(35)18-26(24)33)34(29(25)36)22-12-10-21(32)11-13-22/h6-15,18,25,27-28,35H,16-17H2,1-5H3/t25?,27-,28?/m0/s1. The largest absolute Gasteiger partial charge is 0.508 e. The first-order valence-electron chi connectivity index (χ1n) is 12.8. The number of carbonyl (C=O) groups is 1. The summed E-state index contributed by atoms with van der Waals surface area (Å²) < 4.78 is 49.0. The molecule has 1 N–H and O–H groups in total. The molecule has 0 aromatic heterocycles. The number of rotatable bonds is 8. The van der Waals surface area contributed by atoms with E-state index in [1.165, 1.54) is 53.4 Å². The molecule has 2 unspecified atom stereocenters. The predicted octanol–water partition coefficient (Wildman–Crippen LogP) is 8.06. The van der Waals surface area contributed by atoms with Gasteiger partial charge in [0, 0.05) is 17.3 Å². The number of benzene rings is 3. The zero-order chi connectivity index (χ0) is 27.8. The summed E-state index contributed by atoms with van der Waals surface area (Å²) in [7, 11) is -2.23. The summed E-state index contributed by atoms with van der Waals surface area (Å²) in [5, 5.41) is 9.67. The molecule has 3 aromatic carbocycles. The Morgan fingerprint density at radius 2 is 1.53 bits per heavy atom. The predicted molar refractivity (Wildman–Crippen MR) is 145 cm³/mol. The molecule has 38 heavy (non-hydrogen) atoms. The number of hydrogen-bond donors (Lipinski definition) is 1. The second kappa shape index (κ2) is 10.6. The molecule has 3 atom stereocenters. The van der Waals surface area contributed by atoms with Crippen LogP contribution in [0.2, 0.25) is 18.1 Å². The molecule has 0 aliphatic carbocycles. The van der Waals surface area contributed by atoms with Crippen molar-refractivity contribution in [2.45, 2.75) is 63.9 Å². The van der Waals surface area contributed by atoms with E-state index in [0.717, 1.165) is 11.6 Å². The van der Waals surface area contributed by atoms with Gasteiger partial charge in [-0.05, 0) is 79.0 Å². The third-order valence-electron chi connectivity index (χ3n) is 7.85. The highest BCUT2D eigenvalue weighted by atomic mass is 28.4. The van der Waals surface area contributed by atoms with Gasteiger partial charge in [0.2, 0.25) is 5.91 Å². The molecule has 0 spiro atoms. The smallest absolute Gasteiger partial charge is 0.233 e. The van der Waals surface area contributed by atoms with Gasteiger partial charge in [0.15, 0.2) is 8.32 Å². The Morgan fingerprint density at radius 3 is 2.08 bits per heavy atom. The first kappa shape index (κ1) is 27.9. The van der Waals surface area contributed by atoms with Crippen LogP contribution < -0.4 is 4.90 Å². The van der Waals surface area contributed by atoms with Crippen LogP contribution in [0.1, 0.15) is 56.9 Å². The molecule has 4 nitrogen and oxygen atoms in total. The number of halogens is 3. The maximum absolute atomic E-state index is 15.0. The minimum absolute atomic E-state index is 0.0609. The lowest BCUT2D eigenvalue weighted by molar-refractivity contribution is -0.131. The van der Waals surface area contributed by atoms with Crippen LogP contribution >= 0.6 is 0 Å². The lowest BCUT2D eigenvalue weighted by Crippen LogP contribution is -2.55. The zero-order valence-corrected chi connectivity index (χ0v) is 23.3. The van der Waals surface area contributed by atoms with E-state index >= 15 is 4.39 Å². The second-order valence-corrected chi connectivity index (χ2v) is 16.2. The van der Waals surface area contributed by atoms with Crippen LogP contribution in [0.4, 0.5) is 18.9 Å². The number of aromatic hydroxyl groups is 1. The van der Waals surface area contributed by atoms with Crippen LogP contribution in [0.3, 0.4) is 0 Å². The quantitative estimate of drug-likeness (QED) is 0.232. The van der Waals surface area contributed by atoms with E-state index in [1.807, 2.05) is 0 Å². The van der Waals surface area contributed by atoms with Crippen molar-refractivity contribution in [3.8, 4) is 5.75 Å². The number of anilines is 1. The van der Waals surface area contributed by atoms with Crippen LogP contribution in [-0.2, 0) is 9.22 Å². The Kier molecular flexibility index (Phi) is 7.77. The van der Waals surface area contributed by atoms with E-state index < -0.39 is 31.9 Å². The van der Waals surface area contributed by atoms with Crippen molar-refractivity contribution in [3.05, 3.63) is 95.3 Å². The first-order chi connectivity index (χ1) is 17.8. The molecule has 1 heterocycles. The van der Waals surface area contributed by atoms with Gasteiger partial charge >= 0.3 is 0 Å². The number of nitrogens with zero attached hydrogens (tertiary/aromatic N) is 1. The molecule has 202 valence electrons. The fourth-order valence-corrected chi connectivity index (χ4v) is 5.98. The summed E-state index contributed by atoms with van der Waals surface area (Å²) in [6.45, 7) is 10.7. The van der Waals surface area contributed by atoms with Gasteiger partial charge < -0.3 is 14.4 Å². The summed E-state index contributed by atoms with van der Waals surface area (Å²) >= 11 is 0. The molecular formula is C30H34F3NO3Si. The molecule has 1 saturated heterocycles. The minimum Gasteiger partial charge on any atom is -0.508 e. The highest BCUT2D eigenvalue weighted by molar-refractivity contribution is 6.74. The molecule has 4 rings (SSSR count). The van der Waals surface area contributed by atoms with Gasteiger partial charge in [-0.15, -0.1) is 0 Å². The van der Waals surface area contributed by atoms with Crippen molar-refractivity contribution >= 4 is 19.9 Å². The number of phenolic OH excluding ortho intramolecular Hbond substituents is 1. The van der Waals surface area contributed by atoms with Gasteiger partial charge in [-0.1, -0.05) is 39.0 Å². The van der Waals surface area contributed by atoms with Gasteiger partial charge in [-0.2, -0.15) is 0 Å². The van der Waals surface area contributed by atoms with Gasteiger partial charge in [-0.3, -0.25) is 4.79 Å². The van der Waals surface area contributed by atoms with Gasteiger partial charge in [-0.25, -0.2) is 13.2 Å². The number of β-lactam (4-membered cyclic amide) rings is 1. The third kappa shape index (κ3) is 5.66.